The summed E-state index contributed by atoms with van der Waals surface area (Å²) >= 11 is 1.37. The van der Waals surface area contributed by atoms with Gasteiger partial charge in [0.1, 0.15) is 5.75 Å². The summed E-state index contributed by atoms with van der Waals surface area (Å²) in [6.07, 6.45) is 0. The number of pyridine rings is 1. The zero-order valence-corrected chi connectivity index (χ0v) is 18.3. The van der Waals surface area contributed by atoms with Gasteiger partial charge in [-0.05, 0) is 54.3 Å². The van der Waals surface area contributed by atoms with Gasteiger partial charge < -0.3 is 10.1 Å². The van der Waals surface area contributed by atoms with E-state index >= 15 is 0 Å². The molecule has 30 heavy (non-hydrogen) atoms. The van der Waals surface area contributed by atoms with Gasteiger partial charge in [-0.1, -0.05) is 37.7 Å². The van der Waals surface area contributed by atoms with Gasteiger partial charge in [0.2, 0.25) is 5.91 Å². The Morgan fingerprint density at radius 2 is 2.00 bits per heavy atom. The lowest BCUT2D eigenvalue weighted by Gasteiger charge is -2.10. The molecule has 2 aromatic carbocycles. The van der Waals surface area contributed by atoms with Crippen molar-refractivity contribution in [1.29, 1.82) is 0 Å². The number of hydrogen-bond donors (Lipinski definition) is 1. The smallest absolute Gasteiger partial charge is 0.234 e. The number of aryl methyl sites for hydroxylation is 1. The molecule has 0 aliphatic rings. The Balaban J connectivity index is 1.58. The first-order valence-corrected chi connectivity index (χ1v) is 10.8. The molecular weight excluding hydrogens is 396 g/mol. The summed E-state index contributed by atoms with van der Waals surface area (Å²) in [7, 11) is 1.65. The molecule has 1 amide bonds. The molecule has 2 heterocycles. The van der Waals surface area contributed by atoms with Crippen molar-refractivity contribution in [3.05, 3.63) is 59.7 Å². The van der Waals surface area contributed by atoms with Gasteiger partial charge in [0, 0.05) is 17.1 Å². The highest BCUT2D eigenvalue weighted by Gasteiger charge is 2.14. The highest BCUT2D eigenvalue weighted by molar-refractivity contribution is 7.99. The standard InChI is InChI=1S/C23H24N4O2S/c1-14(2)16-6-5-7-17(11-16)24-22(28)13-30-23-26-25-21-10-15(3)19-9-8-18(29-4)12-20(19)27(21)23/h5-12,14H,13H2,1-4H3,(H,24,28). The summed E-state index contributed by atoms with van der Waals surface area (Å²) in [6.45, 7) is 6.32. The van der Waals surface area contributed by atoms with Crippen molar-refractivity contribution in [2.45, 2.75) is 31.8 Å². The molecule has 154 valence electrons. The van der Waals surface area contributed by atoms with Gasteiger partial charge in [0.05, 0.1) is 18.4 Å². The maximum atomic E-state index is 12.5. The van der Waals surface area contributed by atoms with Gasteiger partial charge in [-0.25, -0.2) is 0 Å². The van der Waals surface area contributed by atoms with Crippen molar-refractivity contribution in [2.24, 2.45) is 0 Å². The fourth-order valence-electron chi connectivity index (χ4n) is 3.43. The van der Waals surface area contributed by atoms with E-state index in [0.29, 0.717) is 11.1 Å². The molecule has 7 heteroatoms. The first-order chi connectivity index (χ1) is 14.5. The fourth-order valence-corrected chi connectivity index (χ4v) is 4.18. The molecule has 4 aromatic rings. The maximum Gasteiger partial charge on any atom is 0.234 e. The van der Waals surface area contributed by atoms with Crippen LogP contribution in [0.15, 0.2) is 53.7 Å². The highest BCUT2D eigenvalue weighted by atomic mass is 32.2. The lowest BCUT2D eigenvalue weighted by atomic mass is 10.0. The molecule has 0 saturated carbocycles. The van der Waals surface area contributed by atoms with Crippen LogP contribution in [-0.4, -0.2) is 33.4 Å². The summed E-state index contributed by atoms with van der Waals surface area (Å²) in [5, 5.41) is 13.4. The van der Waals surface area contributed by atoms with Crippen LogP contribution in [0.2, 0.25) is 0 Å². The van der Waals surface area contributed by atoms with Gasteiger partial charge in [-0.15, -0.1) is 10.2 Å². The maximum absolute atomic E-state index is 12.5. The number of thioether (sulfide) groups is 1. The average Bonchev–Trinajstić information content (AvgIpc) is 3.15. The molecule has 6 nitrogen and oxygen atoms in total. The van der Waals surface area contributed by atoms with Crippen LogP contribution >= 0.6 is 11.8 Å². The monoisotopic (exact) mass is 420 g/mol. The van der Waals surface area contributed by atoms with Crippen LogP contribution in [0.25, 0.3) is 16.6 Å². The zero-order chi connectivity index (χ0) is 21.3. The second-order valence-electron chi connectivity index (χ2n) is 7.50. The molecule has 0 spiro atoms. The Bertz CT molecular complexity index is 1230. The average molecular weight is 421 g/mol. The molecule has 0 aliphatic heterocycles. The first-order valence-electron chi connectivity index (χ1n) is 9.81. The van der Waals surface area contributed by atoms with Crippen LogP contribution in [-0.2, 0) is 4.79 Å². The highest BCUT2D eigenvalue weighted by Crippen LogP contribution is 2.28. The Hall–Kier alpha value is -3.06. The van der Waals surface area contributed by atoms with E-state index in [2.05, 4.69) is 42.4 Å². The van der Waals surface area contributed by atoms with Crippen molar-refractivity contribution in [1.82, 2.24) is 14.6 Å². The van der Waals surface area contributed by atoms with Crippen LogP contribution in [0.4, 0.5) is 5.69 Å². The summed E-state index contributed by atoms with van der Waals surface area (Å²) in [6, 6.07) is 15.9. The molecule has 0 atom stereocenters. The van der Waals surface area contributed by atoms with Gasteiger partial charge in [-0.2, -0.15) is 0 Å². The molecule has 0 unspecified atom stereocenters. The molecule has 0 fully saturated rings. The second-order valence-corrected chi connectivity index (χ2v) is 8.45. The number of fused-ring (bicyclic) bond motifs is 3. The minimum atomic E-state index is -0.0772. The number of nitrogens with one attached hydrogen (secondary N) is 1. The largest absolute Gasteiger partial charge is 0.497 e. The molecular formula is C23H24N4O2S. The van der Waals surface area contributed by atoms with E-state index in [4.69, 9.17) is 4.74 Å². The van der Waals surface area contributed by atoms with Crippen LogP contribution in [0.5, 0.6) is 5.75 Å². The third kappa shape index (κ3) is 3.98. The normalized spacial score (nSPS) is 11.4. The number of rotatable bonds is 6. The van der Waals surface area contributed by atoms with E-state index < -0.39 is 0 Å². The van der Waals surface area contributed by atoms with Crippen molar-refractivity contribution in [2.75, 3.05) is 18.2 Å². The number of carbonyl (C=O) groups is 1. The molecule has 4 rings (SSSR count). The quantitative estimate of drug-likeness (QED) is 0.442. The van der Waals surface area contributed by atoms with Gasteiger partial charge in [0.15, 0.2) is 10.8 Å². The lowest BCUT2D eigenvalue weighted by molar-refractivity contribution is -0.113. The van der Waals surface area contributed by atoms with Gasteiger partial charge in [0.25, 0.3) is 0 Å². The molecule has 0 aliphatic carbocycles. The Morgan fingerprint density at radius 3 is 2.77 bits per heavy atom. The number of amides is 1. The molecule has 1 N–H and O–H groups in total. The SMILES string of the molecule is COc1ccc2c(C)cc3nnc(SCC(=O)Nc4cccc(C(C)C)c4)n3c2c1. The van der Waals surface area contributed by atoms with E-state index in [-0.39, 0.29) is 11.7 Å². The second kappa shape index (κ2) is 8.36. The summed E-state index contributed by atoms with van der Waals surface area (Å²) in [5.74, 6) is 1.34. The number of ether oxygens (including phenoxy) is 1. The number of benzene rings is 2. The van der Waals surface area contributed by atoms with E-state index in [1.807, 2.05) is 46.9 Å². The first kappa shape index (κ1) is 20.2. The van der Waals surface area contributed by atoms with Crippen molar-refractivity contribution in [3.8, 4) is 5.75 Å². The minimum absolute atomic E-state index is 0.0772. The zero-order valence-electron chi connectivity index (χ0n) is 17.5. The number of hydrogen-bond acceptors (Lipinski definition) is 5. The van der Waals surface area contributed by atoms with E-state index in [9.17, 15) is 4.79 Å². The van der Waals surface area contributed by atoms with Crippen LogP contribution < -0.4 is 10.1 Å². The summed E-state index contributed by atoms with van der Waals surface area (Å²) in [4.78, 5) is 12.5. The Morgan fingerprint density at radius 1 is 1.17 bits per heavy atom. The van der Waals surface area contributed by atoms with Crippen LogP contribution in [0, 0.1) is 6.92 Å². The van der Waals surface area contributed by atoms with E-state index in [1.54, 1.807) is 7.11 Å². The van der Waals surface area contributed by atoms with E-state index in [1.165, 1.54) is 17.3 Å². The molecule has 0 saturated heterocycles. The van der Waals surface area contributed by atoms with Crippen molar-refractivity contribution >= 4 is 39.9 Å². The third-order valence-electron chi connectivity index (χ3n) is 5.04. The number of anilines is 1. The lowest BCUT2D eigenvalue weighted by Crippen LogP contribution is -2.14. The fraction of sp³-hybridized carbons (Fsp3) is 0.261. The third-order valence-corrected chi connectivity index (χ3v) is 5.97. The predicted molar refractivity (Wildman–Crippen MR) is 122 cm³/mol. The number of carbonyl (C=O) groups excluding carboxylic acids is 1. The van der Waals surface area contributed by atoms with Crippen LogP contribution in [0.1, 0.15) is 30.9 Å². The van der Waals surface area contributed by atoms with Gasteiger partial charge >= 0.3 is 0 Å². The number of methoxy groups -OCH3 is 1. The molecule has 2 aromatic heterocycles. The van der Waals surface area contributed by atoms with E-state index in [0.717, 1.165) is 33.6 Å². The molecule has 0 radical (unpaired) electrons. The Kier molecular flexibility index (Phi) is 5.63. The van der Waals surface area contributed by atoms with Crippen LogP contribution in [0.3, 0.4) is 0 Å². The minimum Gasteiger partial charge on any atom is -0.497 e. The predicted octanol–water partition coefficient (Wildman–Crippen LogP) is 5.05. The van der Waals surface area contributed by atoms with Crippen molar-refractivity contribution in [3.63, 3.8) is 0 Å². The Labute approximate surface area is 179 Å². The summed E-state index contributed by atoms with van der Waals surface area (Å²) in [5.41, 5.74) is 4.83. The number of nitrogens with zero attached hydrogens (tertiary/aromatic N) is 3. The number of aromatic nitrogens is 3. The topological polar surface area (TPSA) is 68.5 Å². The van der Waals surface area contributed by atoms with Crippen molar-refractivity contribution < 1.29 is 9.53 Å². The summed E-state index contributed by atoms with van der Waals surface area (Å²) < 4.78 is 7.37. The van der Waals surface area contributed by atoms with Gasteiger partial charge in [-0.3, -0.25) is 9.20 Å². The molecule has 0 bridgehead atoms.